The van der Waals surface area contributed by atoms with Gasteiger partial charge in [0.05, 0.1) is 13.4 Å². The van der Waals surface area contributed by atoms with E-state index >= 15 is 0 Å². The van der Waals surface area contributed by atoms with Gasteiger partial charge in [-0.2, -0.15) is 0 Å². The molecule has 0 aromatic heterocycles. The first-order valence-corrected chi connectivity index (χ1v) is 9.33. The number of esters is 1. The second kappa shape index (κ2) is 10.4. The Hall–Kier alpha value is -1.83. The lowest BCUT2D eigenvalue weighted by molar-refractivity contribution is -0.174. The van der Waals surface area contributed by atoms with Gasteiger partial charge in [-0.15, -0.1) is 0 Å². The monoisotopic (exact) mass is 363 g/mol. The van der Waals surface area contributed by atoms with Crippen LogP contribution < -0.4 is 0 Å². The van der Waals surface area contributed by atoms with Crippen molar-refractivity contribution in [3.8, 4) is 11.8 Å². The van der Waals surface area contributed by atoms with Crippen molar-refractivity contribution in [2.45, 2.75) is 51.6 Å². The largest absolute Gasteiger partial charge is 0.450 e. The fourth-order valence-electron chi connectivity index (χ4n) is 3.29. The van der Waals surface area contributed by atoms with Crippen molar-refractivity contribution in [3.05, 3.63) is 35.8 Å². The average molecular weight is 364 g/mol. The van der Waals surface area contributed by atoms with E-state index in [1.807, 2.05) is 13.8 Å². The summed E-state index contributed by atoms with van der Waals surface area (Å²) in [5, 5.41) is 5.02. The Labute approximate surface area is 166 Å². The lowest BCUT2D eigenvalue weighted by Gasteiger charge is -2.36. The summed E-state index contributed by atoms with van der Waals surface area (Å²) in [5.74, 6) is 4.21. The predicted molar refractivity (Wildman–Crippen MR) is 103 cm³/mol. The first-order chi connectivity index (χ1) is 15.3. The van der Waals surface area contributed by atoms with Crippen LogP contribution in [0.2, 0.25) is 0 Å². The molecular weight excluding hydrogens is 326 g/mol. The Kier molecular flexibility index (Phi) is 5.32. The molecule has 0 spiro atoms. The van der Waals surface area contributed by atoms with E-state index in [4.69, 9.17) is 18.1 Å². The maximum atomic E-state index is 13.3. The average Bonchev–Trinajstić information content (AvgIpc) is 2.82. The summed E-state index contributed by atoms with van der Waals surface area (Å²) >= 11 is 0. The Morgan fingerprint density at radius 3 is 2.58 bits per heavy atom. The standard InChI is InChI=1S/C22H31NO3/c1-3-23(4-2)17-11-12-18-26-21(24)22(25,19-13-7-5-8-14-19)20-15-9-6-10-16-20/h5,7-8,13-14,20,25H,3-4,6,9-10,15-18H2,1-2H3/i5D,7D,8D,13D,14D,25D. The number of carbonyl (C=O) groups excluding carboxylic acids is 1. The van der Waals surface area contributed by atoms with Gasteiger partial charge in [0, 0.05) is 5.92 Å². The molecule has 0 amide bonds. The molecular formula is C22H31NO3. The minimum absolute atomic E-state index is 0.239. The van der Waals surface area contributed by atoms with Crippen molar-refractivity contribution in [1.29, 1.82) is 1.43 Å². The minimum Gasteiger partial charge on any atom is -0.450 e. The molecule has 1 fully saturated rings. The maximum absolute atomic E-state index is 13.3. The molecule has 1 aliphatic rings. The molecule has 1 aromatic carbocycles. The van der Waals surface area contributed by atoms with Crippen LogP contribution in [-0.4, -0.2) is 43.7 Å². The molecule has 1 unspecified atom stereocenters. The molecule has 0 bridgehead atoms. The maximum Gasteiger partial charge on any atom is 0.344 e. The van der Waals surface area contributed by atoms with Crippen LogP contribution in [0.5, 0.6) is 0 Å². The number of ether oxygens (including phenoxy) is 1. The molecule has 26 heavy (non-hydrogen) atoms. The quantitative estimate of drug-likeness (QED) is 0.568. The Morgan fingerprint density at radius 1 is 1.27 bits per heavy atom. The number of aliphatic hydroxyl groups is 1. The van der Waals surface area contributed by atoms with Gasteiger partial charge in [0.2, 0.25) is 1.43 Å². The number of hydrogen-bond donors (Lipinski definition) is 1. The van der Waals surface area contributed by atoms with Crippen molar-refractivity contribution >= 4 is 5.97 Å². The highest BCUT2D eigenvalue weighted by atomic mass is 16.5. The van der Waals surface area contributed by atoms with Gasteiger partial charge >= 0.3 is 5.97 Å². The minimum atomic E-state index is -2.12. The van der Waals surface area contributed by atoms with Crippen LogP contribution >= 0.6 is 0 Å². The van der Waals surface area contributed by atoms with Crippen molar-refractivity contribution in [2.24, 2.45) is 5.92 Å². The fourth-order valence-corrected chi connectivity index (χ4v) is 3.29. The third kappa shape index (κ3) is 5.09. The third-order valence-corrected chi connectivity index (χ3v) is 4.95. The van der Waals surface area contributed by atoms with Gasteiger partial charge < -0.3 is 9.85 Å². The van der Waals surface area contributed by atoms with E-state index in [-0.39, 0.29) is 12.2 Å². The van der Waals surface area contributed by atoms with Crippen LogP contribution in [-0.2, 0) is 15.1 Å². The predicted octanol–water partition coefficient (Wildman–Crippen LogP) is 3.34. The molecule has 0 aliphatic heterocycles. The summed E-state index contributed by atoms with van der Waals surface area (Å²) in [6, 6.07) is -2.84. The van der Waals surface area contributed by atoms with E-state index in [2.05, 4.69) is 16.7 Å². The van der Waals surface area contributed by atoms with Crippen LogP contribution in [0.4, 0.5) is 0 Å². The zero-order chi connectivity index (χ0) is 23.9. The molecule has 1 saturated carbocycles. The first-order valence-electron chi connectivity index (χ1n) is 12.2. The highest BCUT2D eigenvalue weighted by molar-refractivity contribution is 5.81. The summed E-state index contributed by atoms with van der Waals surface area (Å²) < 4.78 is 53.8. The lowest BCUT2D eigenvalue weighted by atomic mass is 9.73. The second-order valence-electron chi connectivity index (χ2n) is 6.46. The normalized spacial score (nSPS) is 20.4. The van der Waals surface area contributed by atoms with E-state index in [0.29, 0.717) is 19.4 Å². The van der Waals surface area contributed by atoms with Gasteiger partial charge in [-0.05, 0) is 31.5 Å². The van der Waals surface area contributed by atoms with Gasteiger partial charge in [-0.1, -0.05) is 75.2 Å². The SMILES string of the molecule is [2H]OC(C(=O)OCC#CCN(CC)CC)(c1c([2H])c([2H])c([2H])c([2H])c1[2H])C1CCCCC1. The third-order valence-electron chi connectivity index (χ3n) is 4.95. The molecule has 0 heterocycles. The topological polar surface area (TPSA) is 49.8 Å². The summed E-state index contributed by atoms with van der Waals surface area (Å²) in [6.07, 6.45) is 3.56. The molecule has 1 aromatic rings. The van der Waals surface area contributed by atoms with Crippen LogP contribution in [0, 0.1) is 17.8 Å². The second-order valence-corrected chi connectivity index (χ2v) is 6.46. The number of nitrogens with zero attached hydrogens (tertiary/aromatic N) is 1. The summed E-state index contributed by atoms with van der Waals surface area (Å²) in [5.41, 5.74) is -2.46. The fraction of sp³-hybridized carbons (Fsp3) is 0.591. The summed E-state index contributed by atoms with van der Waals surface area (Å²) in [6.45, 7) is 6.02. The van der Waals surface area contributed by atoms with Gasteiger partial charge in [-0.3, -0.25) is 4.90 Å². The van der Waals surface area contributed by atoms with Crippen molar-refractivity contribution in [1.82, 2.24) is 4.90 Å². The molecule has 1 aliphatic carbocycles. The number of benzene rings is 1. The zero-order valence-corrected chi connectivity index (χ0v) is 15.6. The zero-order valence-electron chi connectivity index (χ0n) is 21.6. The van der Waals surface area contributed by atoms with Crippen LogP contribution in [0.3, 0.4) is 0 Å². The Balaban J connectivity index is 2.46. The van der Waals surface area contributed by atoms with E-state index in [0.717, 1.165) is 32.4 Å². The van der Waals surface area contributed by atoms with Gasteiger partial charge in [0.15, 0.2) is 12.2 Å². The van der Waals surface area contributed by atoms with E-state index in [9.17, 15) is 4.79 Å². The summed E-state index contributed by atoms with van der Waals surface area (Å²) in [4.78, 5) is 15.4. The number of rotatable bonds is 8. The van der Waals surface area contributed by atoms with Crippen LogP contribution in [0.25, 0.3) is 0 Å². The number of hydrogen-bond acceptors (Lipinski definition) is 4. The highest BCUT2D eigenvalue weighted by Crippen LogP contribution is 2.40. The molecule has 142 valence electrons. The van der Waals surface area contributed by atoms with E-state index in [1.165, 1.54) is 0 Å². The van der Waals surface area contributed by atoms with Crippen molar-refractivity contribution < 1.29 is 21.5 Å². The van der Waals surface area contributed by atoms with E-state index in [1.54, 1.807) is 0 Å². The molecule has 1 N–H and O–H groups in total. The van der Waals surface area contributed by atoms with Gasteiger partial charge in [0.25, 0.3) is 0 Å². The van der Waals surface area contributed by atoms with E-state index < -0.39 is 47.7 Å². The number of carbonyl (C=O) groups is 1. The van der Waals surface area contributed by atoms with Crippen LogP contribution in [0.15, 0.2) is 30.2 Å². The molecule has 4 nitrogen and oxygen atoms in total. The Bertz CT molecular complexity index is 846. The van der Waals surface area contributed by atoms with Crippen molar-refractivity contribution in [3.63, 3.8) is 0 Å². The highest BCUT2D eigenvalue weighted by Gasteiger charge is 2.46. The molecule has 2 rings (SSSR count). The molecule has 1 atom stereocenters. The summed E-state index contributed by atoms with van der Waals surface area (Å²) in [7, 11) is 0. The molecule has 4 heteroatoms. The Morgan fingerprint density at radius 2 is 1.96 bits per heavy atom. The smallest absolute Gasteiger partial charge is 0.344 e. The van der Waals surface area contributed by atoms with Crippen LogP contribution in [0.1, 0.15) is 58.4 Å². The van der Waals surface area contributed by atoms with Gasteiger partial charge in [0.1, 0.15) is 0 Å². The van der Waals surface area contributed by atoms with Crippen molar-refractivity contribution in [2.75, 3.05) is 26.2 Å². The molecule has 0 saturated heterocycles. The lowest BCUT2D eigenvalue weighted by Crippen LogP contribution is -2.45. The molecule has 0 radical (unpaired) electrons. The van der Waals surface area contributed by atoms with Gasteiger partial charge in [-0.25, -0.2) is 4.79 Å². The first kappa shape index (κ1) is 13.4.